The van der Waals surface area contributed by atoms with Crippen molar-refractivity contribution in [3.05, 3.63) is 156 Å². The quantitative estimate of drug-likeness (QED) is 0.0102. The lowest BCUT2D eigenvalue weighted by atomic mass is 9.80. The number of aromatic nitrogens is 4. The SMILES string of the molecule is COc1ccc(C(OC[C@H]2O[C@@H](n3cnc4c(NC(=O)c5ccccc5)ncnc43)[C@H](OC/C(=C/NCCOCCNC(=O)CCCCOC3OC(COC(C)=O)C(OC(C)=O)C(OC(C)=O)C3NC(C)=O)N=N)[C@@H]2O)(c2ccccc2)c2ccc(OC)cc2)cc1. The molecule has 490 valence electrons. The number of methoxy groups -OCH3 is 2. The number of amides is 3. The number of hydrogen-bond acceptors (Lipinski definition) is 24. The molecule has 6 aromatic rings. The van der Waals surface area contributed by atoms with Gasteiger partial charge in [-0.3, -0.25) is 33.3 Å². The Morgan fingerprint density at radius 1 is 0.707 bits per heavy atom. The fraction of sp³-hybridized carbons (Fsp3) is 0.422. The first-order valence-electron chi connectivity index (χ1n) is 29.7. The van der Waals surface area contributed by atoms with Crippen molar-refractivity contribution in [2.24, 2.45) is 5.11 Å². The summed E-state index contributed by atoms with van der Waals surface area (Å²) in [6.45, 7) is 4.82. The van der Waals surface area contributed by atoms with E-state index in [9.17, 15) is 33.9 Å². The minimum absolute atomic E-state index is 0.0482. The van der Waals surface area contributed by atoms with Crippen LogP contribution in [0.15, 0.2) is 139 Å². The minimum atomic E-state index is -1.36. The van der Waals surface area contributed by atoms with Gasteiger partial charge in [0.1, 0.15) is 66.2 Å². The second-order valence-electron chi connectivity index (χ2n) is 21.2. The number of unbranched alkanes of at least 4 members (excludes halogenated alkanes) is 1. The highest BCUT2D eigenvalue weighted by Gasteiger charge is 2.52. The number of aliphatic hydroxyl groups excluding tert-OH is 1. The van der Waals surface area contributed by atoms with Crippen molar-refractivity contribution >= 4 is 52.6 Å². The third-order valence-electron chi connectivity index (χ3n) is 14.8. The Morgan fingerprint density at radius 2 is 1.35 bits per heavy atom. The number of esters is 3. The number of nitrogens with one attached hydrogen (secondary N) is 5. The second-order valence-corrected chi connectivity index (χ2v) is 21.2. The molecule has 28 nitrogen and oxygen atoms in total. The molecule has 4 heterocycles. The summed E-state index contributed by atoms with van der Waals surface area (Å²) in [6, 6.07) is 32.2. The summed E-state index contributed by atoms with van der Waals surface area (Å²) in [6.07, 6.45) is -4.39. The van der Waals surface area contributed by atoms with E-state index in [2.05, 4.69) is 41.3 Å². The molecule has 2 fully saturated rings. The first-order chi connectivity index (χ1) is 44.5. The lowest BCUT2D eigenvalue weighted by Crippen LogP contribution is -2.66. The molecule has 92 heavy (non-hydrogen) atoms. The zero-order valence-corrected chi connectivity index (χ0v) is 51.7. The highest BCUT2D eigenvalue weighted by molar-refractivity contribution is 6.06. The van der Waals surface area contributed by atoms with Crippen molar-refractivity contribution in [1.82, 2.24) is 35.5 Å². The Labute approximate surface area is 530 Å². The van der Waals surface area contributed by atoms with Crippen LogP contribution >= 0.6 is 0 Å². The van der Waals surface area contributed by atoms with Gasteiger partial charge in [0.25, 0.3) is 5.91 Å². The van der Waals surface area contributed by atoms with E-state index in [1.807, 2.05) is 78.9 Å². The largest absolute Gasteiger partial charge is 0.497 e. The van der Waals surface area contributed by atoms with Gasteiger partial charge >= 0.3 is 17.9 Å². The zero-order chi connectivity index (χ0) is 65.6. The monoisotopic (exact) mass is 1270 g/mol. The maximum atomic E-state index is 13.3. The van der Waals surface area contributed by atoms with Crippen LogP contribution in [0.5, 0.6) is 11.5 Å². The van der Waals surface area contributed by atoms with Crippen molar-refractivity contribution in [3.63, 3.8) is 0 Å². The summed E-state index contributed by atoms with van der Waals surface area (Å²) >= 11 is 0. The first-order valence-corrected chi connectivity index (χ1v) is 29.7. The van der Waals surface area contributed by atoms with Crippen LogP contribution < -0.4 is 30.7 Å². The molecule has 2 aromatic heterocycles. The van der Waals surface area contributed by atoms with E-state index in [1.165, 1.54) is 32.7 Å². The van der Waals surface area contributed by atoms with E-state index in [4.69, 9.17) is 57.6 Å². The van der Waals surface area contributed by atoms with Crippen molar-refractivity contribution < 1.29 is 86.0 Å². The molecule has 0 radical (unpaired) electrons. The molecule has 2 saturated heterocycles. The number of hydrogen-bond donors (Lipinski definition) is 6. The highest BCUT2D eigenvalue weighted by Crippen LogP contribution is 2.44. The van der Waals surface area contributed by atoms with E-state index in [-0.39, 0.29) is 87.7 Å². The number of fused-ring (bicyclic) bond motifs is 1. The predicted molar refractivity (Wildman–Crippen MR) is 327 cm³/mol. The summed E-state index contributed by atoms with van der Waals surface area (Å²) < 4.78 is 66.8. The third-order valence-corrected chi connectivity index (χ3v) is 14.8. The summed E-state index contributed by atoms with van der Waals surface area (Å²) in [5, 5.41) is 27.4. The lowest BCUT2D eigenvalue weighted by Gasteiger charge is -2.44. The van der Waals surface area contributed by atoms with Crippen LogP contribution in [0.2, 0.25) is 0 Å². The van der Waals surface area contributed by atoms with Gasteiger partial charge in [-0.05, 0) is 65.9 Å². The standard InChI is InChI=1S/C64H76N10O18/c1-39(75)71-53-57(90-42(4)78)56(89-41(3)77)51(35-86-40(2)76)92-63(53)85-30-14-13-19-52(79)67-29-32-84-31-28-66-33-47(73-65)34-87-58-55(80)50(91-62(58)74-38-70-54-59(68-37-69-60(54)74)72-61(81)43-15-9-7-10-16-43)36-88-64(44-17-11-8-12-18-44,45-20-24-48(82-5)25-21-45)46-22-26-49(83-6)27-23-46/h7-12,15-18,20-27,33,37-38,50-51,53,55-58,62-63,65-66,80H,13-14,19,28-32,34-36H2,1-6H3,(H,67,79)(H,71,75)(H,68,69,72,81)/b47-33-,73-65?/t50-,51?,53?,55-,56?,57?,58-,62-,63?/m1/s1. The van der Waals surface area contributed by atoms with Gasteiger partial charge in [0.05, 0.1) is 47.0 Å². The van der Waals surface area contributed by atoms with Crippen molar-refractivity contribution in [2.75, 3.05) is 72.3 Å². The molecular weight excluding hydrogens is 1200 g/mol. The van der Waals surface area contributed by atoms with Gasteiger partial charge in [-0.15, -0.1) is 0 Å². The van der Waals surface area contributed by atoms with Crippen molar-refractivity contribution in [3.8, 4) is 11.5 Å². The Morgan fingerprint density at radius 3 is 1.98 bits per heavy atom. The van der Waals surface area contributed by atoms with Gasteiger partial charge in [-0.1, -0.05) is 72.8 Å². The Kier molecular flexibility index (Phi) is 25.1. The molecule has 8 rings (SSSR count). The molecule has 28 heteroatoms. The van der Waals surface area contributed by atoms with Gasteiger partial charge < -0.3 is 78.5 Å². The summed E-state index contributed by atoms with van der Waals surface area (Å²) in [5.74, 6) is -1.86. The van der Waals surface area contributed by atoms with Crippen LogP contribution in [-0.4, -0.2) is 176 Å². The van der Waals surface area contributed by atoms with E-state index >= 15 is 0 Å². The number of anilines is 1. The van der Waals surface area contributed by atoms with Gasteiger partial charge in [-0.25, -0.2) is 20.5 Å². The number of carbonyl (C=O) groups excluding carboxylic acids is 6. The Bertz CT molecular complexity index is 3400. The van der Waals surface area contributed by atoms with Crippen LogP contribution in [0.25, 0.3) is 11.2 Å². The molecule has 0 saturated carbocycles. The smallest absolute Gasteiger partial charge is 0.303 e. The Balaban J connectivity index is 0.873. The number of benzene rings is 4. The Hall–Kier alpha value is -9.29. The molecular formula is C64H76N10O18. The number of nitrogens with zero attached hydrogens (tertiary/aromatic N) is 5. The average molecular weight is 1270 g/mol. The van der Waals surface area contributed by atoms with Crippen molar-refractivity contribution in [2.45, 2.75) is 108 Å². The molecule has 0 aliphatic carbocycles. The van der Waals surface area contributed by atoms with Crippen LogP contribution in [0.4, 0.5) is 5.82 Å². The summed E-state index contributed by atoms with van der Waals surface area (Å²) in [7, 11) is 3.18. The van der Waals surface area contributed by atoms with E-state index < -0.39 is 90.5 Å². The van der Waals surface area contributed by atoms with Gasteiger partial charge in [0.2, 0.25) is 11.8 Å². The molecule has 9 atom stereocenters. The normalized spacial score (nSPS) is 20.5. The average Bonchev–Trinajstić information content (AvgIpc) is 1.11. The van der Waals surface area contributed by atoms with Gasteiger partial charge in [-0.2, -0.15) is 5.11 Å². The fourth-order valence-corrected chi connectivity index (χ4v) is 10.5. The highest BCUT2D eigenvalue weighted by atomic mass is 16.7. The third kappa shape index (κ3) is 18.0. The summed E-state index contributed by atoms with van der Waals surface area (Å²) in [5.41, 5.74) is 10.1. The van der Waals surface area contributed by atoms with E-state index in [0.717, 1.165) is 30.5 Å². The molecule has 0 spiro atoms. The van der Waals surface area contributed by atoms with E-state index in [0.29, 0.717) is 29.9 Å². The number of rotatable bonds is 33. The fourth-order valence-electron chi connectivity index (χ4n) is 10.5. The van der Waals surface area contributed by atoms with Crippen LogP contribution in [0, 0.1) is 5.53 Å². The number of aliphatic hydroxyl groups is 1. The van der Waals surface area contributed by atoms with E-state index in [1.54, 1.807) is 49.1 Å². The number of carbonyl (C=O) groups is 6. The predicted octanol–water partition coefficient (Wildman–Crippen LogP) is 5.19. The van der Waals surface area contributed by atoms with Crippen molar-refractivity contribution in [1.29, 1.82) is 5.53 Å². The zero-order valence-electron chi connectivity index (χ0n) is 51.7. The molecule has 2 aliphatic rings. The number of ether oxygens (including phenoxy) is 11. The maximum Gasteiger partial charge on any atom is 0.303 e. The topological polar surface area (TPSA) is 352 Å². The summed E-state index contributed by atoms with van der Waals surface area (Å²) in [4.78, 5) is 87.6. The lowest BCUT2D eigenvalue weighted by molar-refractivity contribution is -0.277. The van der Waals surface area contributed by atoms with Crippen LogP contribution in [-0.2, 0) is 72.2 Å². The first kappa shape index (κ1) is 68.6. The molecule has 6 N–H and O–H groups in total. The second kappa shape index (κ2) is 33.7. The minimum Gasteiger partial charge on any atom is -0.497 e. The molecule has 3 amide bonds. The molecule has 4 aromatic carbocycles. The number of imidazole rings is 1. The van der Waals surface area contributed by atoms with Crippen LogP contribution in [0.3, 0.4) is 0 Å². The molecule has 0 bridgehead atoms. The molecule has 2 aliphatic heterocycles. The van der Waals surface area contributed by atoms with Gasteiger partial charge in [0.15, 0.2) is 41.7 Å². The molecule has 5 unspecified atom stereocenters. The maximum absolute atomic E-state index is 13.3. The van der Waals surface area contributed by atoms with Crippen LogP contribution in [0.1, 0.15) is 80.2 Å². The van der Waals surface area contributed by atoms with Gasteiger partial charge in [0, 0.05) is 65.6 Å².